The molecule has 5 nitrogen and oxygen atoms in total. The first kappa shape index (κ1) is 14.8. The van der Waals surface area contributed by atoms with E-state index in [2.05, 4.69) is 5.32 Å². The average Bonchev–Trinajstić information content (AvgIpc) is 2.77. The lowest BCUT2D eigenvalue weighted by Gasteiger charge is -2.10. The summed E-state index contributed by atoms with van der Waals surface area (Å²) in [5, 5.41) is 2.77. The maximum Gasteiger partial charge on any atom is 0.223 e. The largest absolute Gasteiger partial charge is 0.493 e. The molecule has 1 aromatic carbocycles. The number of sulfone groups is 1. The molecule has 1 saturated heterocycles. The minimum Gasteiger partial charge on any atom is -0.493 e. The predicted octanol–water partition coefficient (Wildman–Crippen LogP) is 1.01. The fraction of sp³-hybridized carbons (Fsp3) is 0.500. The molecule has 1 aliphatic rings. The van der Waals surface area contributed by atoms with Gasteiger partial charge < -0.3 is 10.1 Å². The number of amides is 1. The molecule has 1 aliphatic heterocycles. The minimum absolute atomic E-state index is 0.0546. The minimum atomic E-state index is -2.87. The van der Waals surface area contributed by atoms with Crippen molar-refractivity contribution in [3.63, 3.8) is 0 Å². The number of rotatable bonds is 6. The number of carbonyl (C=O) groups excluding carboxylic acids is 1. The van der Waals surface area contributed by atoms with Crippen LogP contribution in [0, 0.1) is 5.92 Å². The van der Waals surface area contributed by atoms with Crippen LogP contribution in [0.5, 0.6) is 5.75 Å². The maximum atomic E-state index is 11.6. The van der Waals surface area contributed by atoms with Gasteiger partial charge in [-0.25, -0.2) is 8.42 Å². The maximum absolute atomic E-state index is 11.6. The van der Waals surface area contributed by atoms with Crippen LogP contribution in [0.1, 0.15) is 12.8 Å². The highest BCUT2D eigenvalue weighted by Crippen LogP contribution is 2.17. The lowest BCUT2D eigenvalue weighted by molar-refractivity contribution is -0.121. The molecule has 1 fully saturated rings. The Balaban J connectivity index is 1.61. The van der Waals surface area contributed by atoms with Crippen LogP contribution in [0.3, 0.4) is 0 Å². The van der Waals surface area contributed by atoms with Crippen molar-refractivity contribution in [1.29, 1.82) is 0 Å². The second-order valence-electron chi connectivity index (χ2n) is 4.98. The molecular formula is C14H19NO4S. The van der Waals surface area contributed by atoms with Crippen LogP contribution in [0.4, 0.5) is 0 Å². The molecule has 20 heavy (non-hydrogen) atoms. The Labute approximate surface area is 119 Å². The Kier molecular flexibility index (Phi) is 5.00. The molecule has 6 heteroatoms. The van der Waals surface area contributed by atoms with Gasteiger partial charge in [-0.05, 0) is 24.5 Å². The van der Waals surface area contributed by atoms with Gasteiger partial charge in [0.1, 0.15) is 5.75 Å². The molecule has 0 spiro atoms. The summed E-state index contributed by atoms with van der Waals surface area (Å²) in [6, 6.07) is 9.31. The highest BCUT2D eigenvalue weighted by Gasteiger charge is 2.27. The van der Waals surface area contributed by atoms with E-state index in [0.717, 1.165) is 5.75 Å². The number of para-hydroxylation sites is 1. The van der Waals surface area contributed by atoms with E-state index in [1.165, 1.54) is 0 Å². The van der Waals surface area contributed by atoms with Crippen LogP contribution < -0.4 is 10.1 Å². The zero-order valence-corrected chi connectivity index (χ0v) is 12.1. The smallest absolute Gasteiger partial charge is 0.223 e. The Morgan fingerprint density at radius 3 is 2.70 bits per heavy atom. The third-order valence-electron chi connectivity index (χ3n) is 3.26. The number of hydrogen-bond acceptors (Lipinski definition) is 4. The predicted molar refractivity (Wildman–Crippen MR) is 76.3 cm³/mol. The summed E-state index contributed by atoms with van der Waals surface area (Å²) in [7, 11) is -2.87. The number of benzene rings is 1. The monoisotopic (exact) mass is 297 g/mol. The molecule has 0 aliphatic carbocycles. The van der Waals surface area contributed by atoms with E-state index in [4.69, 9.17) is 4.74 Å². The van der Waals surface area contributed by atoms with E-state index in [1.807, 2.05) is 30.3 Å². The molecule has 1 heterocycles. The zero-order valence-electron chi connectivity index (χ0n) is 11.2. The Morgan fingerprint density at radius 2 is 2.05 bits per heavy atom. The van der Waals surface area contributed by atoms with Crippen molar-refractivity contribution in [1.82, 2.24) is 5.32 Å². The van der Waals surface area contributed by atoms with E-state index in [9.17, 15) is 13.2 Å². The van der Waals surface area contributed by atoms with Gasteiger partial charge in [0.05, 0.1) is 24.5 Å². The SMILES string of the molecule is O=C(CCOc1ccccc1)NCC1CCS(=O)(=O)C1. The van der Waals surface area contributed by atoms with Crippen LogP contribution in [0.15, 0.2) is 30.3 Å². The van der Waals surface area contributed by atoms with Gasteiger partial charge in [0, 0.05) is 6.54 Å². The van der Waals surface area contributed by atoms with Crippen molar-refractivity contribution in [3.8, 4) is 5.75 Å². The first-order chi connectivity index (χ1) is 9.55. The summed E-state index contributed by atoms with van der Waals surface area (Å²) < 4.78 is 28.0. The first-order valence-corrected chi connectivity index (χ1v) is 8.52. The molecule has 1 atom stereocenters. The second-order valence-corrected chi connectivity index (χ2v) is 7.21. The second kappa shape index (κ2) is 6.74. The Morgan fingerprint density at radius 1 is 1.30 bits per heavy atom. The molecule has 0 saturated carbocycles. The highest BCUT2D eigenvalue weighted by molar-refractivity contribution is 7.91. The third kappa shape index (κ3) is 4.85. The molecule has 1 aromatic rings. The van der Waals surface area contributed by atoms with Gasteiger partial charge in [-0.2, -0.15) is 0 Å². The van der Waals surface area contributed by atoms with Gasteiger partial charge in [-0.15, -0.1) is 0 Å². The zero-order chi connectivity index (χ0) is 14.4. The quantitative estimate of drug-likeness (QED) is 0.850. The summed E-state index contributed by atoms with van der Waals surface area (Å²) in [6.45, 7) is 0.752. The molecule has 1 unspecified atom stereocenters. The lowest BCUT2D eigenvalue weighted by atomic mass is 10.1. The van der Waals surface area contributed by atoms with E-state index in [1.54, 1.807) is 0 Å². The fourth-order valence-corrected chi connectivity index (χ4v) is 4.02. The number of ether oxygens (including phenoxy) is 1. The van der Waals surface area contributed by atoms with Crippen LogP contribution in [-0.2, 0) is 14.6 Å². The van der Waals surface area contributed by atoms with Gasteiger partial charge >= 0.3 is 0 Å². The first-order valence-electron chi connectivity index (χ1n) is 6.70. The normalized spacial score (nSPS) is 20.5. The van der Waals surface area contributed by atoms with Crippen LogP contribution in [-0.4, -0.2) is 39.0 Å². The van der Waals surface area contributed by atoms with E-state index in [0.29, 0.717) is 19.6 Å². The van der Waals surface area contributed by atoms with E-state index in [-0.39, 0.29) is 29.8 Å². The van der Waals surface area contributed by atoms with Gasteiger partial charge in [0.2, 0.25) is 5.91 Å². The molecule has 0 radical (unpaired) electrons. The number of nitrogens with one attached hydrogen (secondary N) is 1. The summed E-state index contributed by atoms with van der Waals surface area (Å²) in [5.41, 5.74) is 0. The summed E-state index contributed by atoms with van der Waals surface area (Å²) in [4.78, 5) is 11.6. The lowest BCUT2D eigenvalue weighted by Crippen LogP contribution is -2.30. The standard InChI is InChI=1S/C14H19NO4S/c16-14(6-8-19-13-4-2-1-3-5-13)15-10-12-7-9-20(17,18)11-12/h1-5,12H,6-11H2,(H,15,16). The van der Waals surface area contributed by atoms with Crippen molar-refractivity contribution in [2.45, 2.75) is 12.8 Å². The Hall–Kier alpha value is -1.56. The molecule has 0 bridgehead atoms. The van der Waals surface area contributed by atoms with Gasteiger partial charge in [0.25, 0.3) is 0 Å². The van der Waals surface area contributed by atoms with Crippen molar-refractivity contribution in [3.05, 3.63) is 30.3 Å². The van der Waals surface area contributed by atoms with E-state index >= 15 is 0 Å². The third-order valence-corrected chi connectivity index (χ3v) is 5.09. The van der Waals surface area contributed by atoms with Crippen LogP contribution in [0.25, 0.3) is 0 Å². The van der Waals surface area contributed by atoms with Crippen molar-refractivity contribution in [2.24, 2.45) is 5.92 Å². The highest BCUT2D eigenvalue weighted by atomic mass is 32.2. The van der Waals surface area contributed by atoms with Crippen LogP contribution >= 0.6 is 0 Å². The number of hydrogen-bond donors (Lipinski definition) is 1. The molecule has 110 valence electrons. The Bertz CT molecular complexity index is 542. The van der Waals surface area contributed by atoms with Crippen molar-refractivity contribution in [2.75, 3.05) is 24.7 Å². The molecule has 2 rings (SSSR count). The summed E-state index contributed by atoms with van der Waals surface area (Å²) in [5.74, 6) is 1.12. The summed E-state index contributed by atoms with van der Waals surface area (Å²) in [6.07, 6.45) is 0.914. The van der Waals surface area contributed by atoms with Gasteiger partial charge in [0.15, 0.2) is 9.84 Å². The van der Waals surface area contributed by atoms with Crippen molar-refractivity contribution >= 4 is 15.7 Å². The van der Waals surface area contributed by atoms with Gasteiger partial charge in [-0.1, -0.05) is 18.2 Å². The van der Waals surface area contributed by atoms with Gasteiger partial charge in [-0.3, -0.25) is 4.79 Å². The number of carbonyl (C=O) groups is 1. The summed E-state index contributed by atoms with van der Waals surface area (Å²) >= 11 is 0. The van der Waals surface area contributed by atoms with E-state index < -0.39 is 9.84 Å². The molecular weight excluding hydrogens is 278 g/mol. The average molecular weight is 297 g/mol. The van der Waals surface area contributed by atoms with Crippen molar-refractivity contribution < 1.29 is 17.9 Å². The molecule has 1 amide bonds. The molecule has 0 aromatic heterocycles. The topological polar surface area (TPSA) is 72.5 Å². The fourth-order valence-electron chi connectivity index (χ4n) is 2.16. The van der Waals surface area contributed by atoms with Crippen LogP contribution in [0.2, 0.25) is 0 Å². The molecule has 1 N–H and O–H groups in total.